The number of amides is 1. The number of nitrogens with one attached hydrogen (secondary N) is 1. The molecule has 2 aromatic carbocycles. The molecule has 0 bridgehead atoms. The number of aromatic nitrogens is 5. The SMILES string of the molecule is CCCn1cc(NC(=O)c2cc3nc(-c4ccccc4)cc(-c4ccccc4)n3n2)cn1. The molecule has 0 saturated carbocycles. The summed E-state index contributed by atoms with van der Waals surface area (Å²) < 4.78 is 3.53. The lowest BCUT2D eigenvalue weighted by molar-refractivity contribution is 0.102. The normalized spacial score (nSPS) is 11.0. The van der Waals surface area contributed by atoms with Gasteiger partial charge in [0.2, 0.25) is 0 Å². The molecule has 1 N–H and O–H groups in total. The Morgan fingerprint density at radius 3 is 2.41 bits per heavy atom. The van der Waals surface area contributed by atoms with Crippen molar-refractivity contribution in [2.45, 2.75) is 19.9 Å². The minimum Gasteiger partial charge on any atom is -0.318 e. The van der Waals surface area contributed by atoms with Gasteiger partial charge in [0.05, 0.1) is 23.3 Å². The molecule has 1 amide bonds. The van der Waals surface area contributed by atoms with Crippen molar-refractivity contribution < 1.29 is 4.79 Å². The number of aryl methyl sites for hydroxylation is 1. The van der Waals surface area contributed by atoms with Crippen LogP contribution in [-0.2, 0) is 6.54 Å². The Bertz CT molecular complexity index is 1370. The van der Waals surface area contributed by atoms with E-state index in [1.807, 2.05) is 72.9 Å². The number of nitrogens with zero attached hydrogens (tertiary/aromatic N) is 5. The van der Waals surface area contributed by atoms with Crippen LogP contribution < -0.4 is 5.32 Å². The first kappa shape index (κ1) is 19.7. The van der Waals surface area contributed by atoms with E-state index in [-0.39, 0.29) is 5.91 Å². The molecule has 0 saturated heterocycles. The summed E-state index contributed by atoms with van der Waals surface area (Å²) >= 11 is 0. The number of hydrogen-bond acceptors (Lipinski definition) is 4. The molecular weight excluding hydrogens is 400 g/mol. The van der Waals surface area contributed by atoms with Gasteiger partial charge in [-0.15, -0.1) is 0 Å². The van der Waals surface area contributed by atoms with Crippen LogP contribution in [0, 0.1) is 0 Å². The van der Waals surface area contributed by atoms with Crippen molar-refractivity contribution in [1.82, 2.24) is 24.4 Å². The third kappa shape index (κ3) is 3.88. The molecule has 3 heterocycles. The first-order valence-corrected chi connectivity index (χ1v) is 10.6. The van der Waals surface area contributed by atoms with Crippen molar-refractivity contribution in [3.63, 3.8) is 0 Å². The fraction of sp³-hybridized carbons (Fsp3) is 0.120. The highest BCUT2D eigenvalue weighted by molar-refractivity contribution is 6.03. The topological polar surface area (TPSA) is 77.1 Å². The molecule has 158 valence electrons. The zero-order valence-corrected chi connectivity index (χ0v) is 17.6. The molecule has 7 nitrogen and oxygen atoms in total. The predicted octanol–water partition coefficient (Wildman–Crippen LogP) is 4.92. The van der Waals surface area contributed by atoms with Crippen molar-refractivity contribution >= 4 is 17.2 Å². The van der Waals surface area contributed by atoms with Crippen LogP contribution in [0.2, 0.25) is 0 Å². The summed E-state index contributed by atoms with van der Waals surface area (Å²) in [6.07, 6.45) is 4.43. The van der Waals surface area contributed by atoms with Gasteiger partial charge in [0.25, 0.3) is 5.91 Å². The Balaban J connectivity index is 1.56. The Morgan fingerprint density at radius 2 is 1.69 bits per heavy atom. The zero-order chi connectivity index (χ0) is 21.9. The van der Waals surface area contributed by atoms with Crippen molar-refractivity contribution in [1.29, 1.82) is 0 Å². The van der Waals surface area contributed by atoms with Gasteiger partial charge in [-0.3, -0.25) is 9.48 Å². The summed E-state index contributed by atoms with van der Waals surface area (Å²) in [5.41, 5.74) is 5.23. The molecule has 32 heavy (non-hydrogen) atoms. The van der Waals surface area contributed by atoms with Crippen LogP contribution in [0.3, 0.4) is 0 Å². The molecule has 0 radical (unpaired) electrons. The molecule has 0 unspecified atom stereocenters. The molecule has 0 aliphatic rings. The number of rotatable bonds is 6. The monoisotopic (exact) mass is 422 g/mol. The van der Waals surface area contributed by atoms with Gasteiger partial charge in [0.15, 0.2) is 11.3 Å². The van der Waals surface area contributed by atoms with Crippen molar-refractivity contribution in [3.8, 4) is 22.5 Å². The molecule has 5 rings (SSSR count). The molecular formula is C25H22N6O. The average molecular weight is 422 g/mol. The smallest absolute Gasteiger partial charge is 0.276 e. The maximum Gasteiger partial charge on any atom is 0.276 e. The Kier molecular flexibility index (Phi) is 5.21. The largest absolute Gasteiger partial charge is 0.318 e. The highest BCUT2D eigenvalue weighted by Gasteiger charge is 2.17. The van der Waals surface area contributed by atoms with Crippen LogP contribution in [0.15, 0.2) is 85.2 Å². The van der Waals surface area contributed by atoms with Crippen molar-refractivity contribution in [2.75, 3.05) is 5.32 Å². The summed E-state index contributed by atoms with van der Waals surface area (Å²) in [7, 11) is 0. The van der Waals surface area contributed by atoms with E-state index in [9.17, 15) is 4.79 Å². The van der Waals surface area contributed by atoms with Crippen LogP contribution in [-0.4, -0.2) is 30.3 Å². The maximum atomic E-state index is 12.9. The number of benzene rings is 2. The minimum absolute atomic E-state index is 0.295. The molecule has 5 aromatic rings. The second-order valence-electron chi connectivity index (χ2n) is 7.50. The third-order valence-corrected chi connectivity index (χ3v) is 5.14. The fourth-order valence-corrected chi connectivity index (χ4v) is 3.63. The van der Waals surface area contributed by atoms with Gasteiger partial charge in [-0.1, -0.05) is 67.6 Å². The molecule has 0 aliphatic carbocycles. The van der Waals surface area contributed by atoms with E-state index in [1.165, 1.54) is 0 Å². The van der Waals surface area contributed by atoms with Gasteiger partial charge < -0.3 is 5.32 Å². The lowest BCUT2D eigenvalue weighted by Crippen LogP contribution is -2.12. The summed E-state index contributed by atoms with van der Waals surface area (Å²) in [5.74, 6) is -0.299. The average Bonchev–Trinajstić information content (AvgIpc) is 3.46. The quantitative estimate of drug-likeness (QED) is 0.421. The van der Waals surface area contributed by atoms with Gasteiger partial charge in [-0.25, -0.2) is 9.50 Å². The van der Waals surface area contributed by atoms with Gasteiger partial charge in [-0.2, -0.15) is 10.2 Å². The minimum atomic E-state index is -0.299. The lowest BCUT2D eigenvalue weighted by atomic mass is 10.1. The van der Waals surface area contributed by atoms with E-state index in [0.29, 0.717) is 17.0 Å². The van der Waals surface area contributed by atoms with Crippen LogP contribution in [0.25, 0.3) is 28.2 Å². The van der Waals surface area contributed by atoms with E-state index in [4.69, 9.17) is 4.98 Å². The first-order valence-electron chi connectivity index (χ1n) is 10.6. The number of carbonyl (C=O) groups excluding carboxylic acids is 1. The highest BCUT2D eigenvalue weighted by atomic mass is 16.2. The second-order valence-corrected chi connectivity index (χ2v) is 7.50. The summed E-state index contributed by atoms with van der Waals surface area (Å²) in [6, 6.07) is 23.7. The lowest BCUT2D eigenvalue weighted by Gasteiger charge is -2.08. The predicted molar refractivity (Wildman–Crippen MR) is 124 cm³/mol. The van der Waals surface area contributed by atoms with Crippen LogP contribution in [0.4, 0.5) is 5.69 Å². The molecule has 0 atom stereocenters. The molecule has 7 heteroatoms. The number of fused-ring (bicyclic) bond motifs is 1. The second kappa shape index (κ2) is 8.47. The van der Waals surface area contributed by atoms with Gasteiger partial charge in [0, 0.05) is 29.9 Å². The molecule has 0 aliphatic heterocycles. The zero-order valence-electron chi connectivity index (χ0n) is 17.6. The van der Waals surface area contributed by atoms with E-state index in [0.717, 1.165) is 35.5 Å². The van der Waals surface area contributed by atoms with E-state index in [2.05, 4.69) is 22.4 Å². The Labute approximate surface area is 185 Å². The number of anilines is 1. The van der Waals surface area contributed by atoms with Crippen LogP contribution >= 0.6 is 0 Å². The van der Waals surface area contributed by atoms with Crippen LogP contribution in [0.1, 0.15) is 23.8 Å². The molecule has 0 spiro atoms. The van der Waals surface area contributed by atoms with Crippen molar-refractivity contribution in [2.24, 2.45) is 0 Å². The fourth-order valence-electron chi connectivity index (χ4n) is 3.63. The Morgan fingerprint density at radius 1 is 0.969 bits per heavy atom. The number of hydrogen-bond donors (Lipinski definition) is 1. The summed E-state index contributed by atoms with van der Waals surface area (Å²) in [4.78, 5) is 17.7. The van der Waals surface area contributed by atoms with Crippen molar-refractivity contribution in [3.05, 3.63) is 90.9 Å². The third-order valence-electron chi connectivity index (χ3n) is 5.14. The van der Waals surface area contributed by atoms with Gasteiger partial charge in [0.1, 0.15) is 0 Å². The van der Waals surface area contributed by atoms with Gasteiger partial charge in [-0.05, 0) is 12.5 Å². The van der Waals surface area contributed by atoms with Gasteiger partial charge >= 0.3 is 0 Å². The highest BCUT2D eigenvalue weighted by Crippen LogP contribution is 2.26. The Hall–Kier alpha value is -4.26. The number of carbonyl (C=O) groups is 1. The first-order chi connectivity index (χ1) is 15.7. The molecule has 0 fully saturated rings. The summed E-state index contributed by atoms with van der Waals surface area (Å²) in [5, 5.41) is 11.7. The molecule has 3 aromatic heterocycles. The van der Waals surface area contributed by atoms with E-state index in [1.54, 1.807) is 21.5 Å². The summed E-state index contributed by atoms with van der Waals surface area (Å²) in [6.45, 7) is 2.88. The standard InChI is InChI=1S/C25H22N6O/c1-2-13-30-17-20(16-26-30)27-25(32)22-15-24-28-21(18-9-5-3-6-10-18)14-23(31(24)29-22)19-11-7-4-8-12-19/h3-12,14-17H,2,13H2,1H3,(H,27,32). The maximum absolute atomic E-state index is 12.9. The van der Waals surface area contributed by atoms with E-state index < -0.39 is 0 Å². The van der Waals surface area contributed by atoms with E-state index >= 15 is 0 Å². The van der Waals surface area contributed by atoms with Crippen LogP contribution in [0.5, 0.6) is 0 Å².